The Kier molecular flexibility index (Phi) is 5.00. The van der Waals surface area contributed by atoms with E-state index in [1.165, 1.54) is 0 Å². The molecule has 78 valence electrons. The van der Waals surface area contributed by atoms with E-state index in [0.717, 1.165) is 5.56 Å². The largest absolute Gasteiger partial charge is 0.394 e. The Morgan fingerprint density at radius 1 is 1.14 bits per heavy atom. The SMILES string of the molecule is CC(=O)c1ccccc1.O=S(=O)(O)O. The molecule has 2 N–H and O–H groups in total. The molecule has 0 aromatic heterocycles. The zero-order chi connectivity index (χ0) is 11.2. The minimum absolute atomic E-state index is 0.121. The van der Waals surface area contributed by atoms with Gasteiger partial charge in [-0.05, 0) is 6.92 Å². The van der Waals surface area contributed by atoms with Gasteiger partial charge < -0.3 is 0 Å². The smallest absolute Gasteiger partial charge is 0.295 e. The zero-order valence-corrected chi connectivity index (χ0v) is 8.23. The molecule has 0 aliphatic heterocycles. The third-order valence-corrected chi connectivity index (χ3v) is 1.18. The monoisotopic (exact) mass is 218 g/mol. The number of benzene rings is 1. The second-order valence-electron chi connectivity index (χ2n) is 2.37. The molecule has 0 spiro atoms. The van der Waals surface area contributed by atoms with E-state index in [0.29, 0.717) is 0 Å². The Bertz CT molecular complexity index is 373. The molecule has 0 bridgehead atoms. The van der Waals surface area contributed by atoms with Crippen molar-refractivity contribution in [2.24, 2.45) is 0 Å². The maximum Gasteiger partial charge on any atom is 0.394 e. The van der Waals surface area contributed by atoms with Gasteiger partial charge in [-0.25, -0.2) is 0 Å². The van der Waals surface area contributed by atoms with Crippen LogP contribution in [0.15, 0.2) is 30.3 Å². The fourth-order valence-electron chi connectivity index (χ4n) is 0.673. The molecule has 1 aromatic rings. The Morgan fingerprint density at radius 3 is 1.71 bits per heavy atom. The van der Waals surface area contributed by atoms with Crippen LogP contribution in [0.2, 0.25) is 0 Å². The van der Waals surface area contributed by atoms with Gasteiger partial charge in [0.15, 0.2) is 5.78 Å². The van der Waals surface area contributed by atoms with Gasteiger partial charge in [0.2, 0.25) is 0 Å². The summed E-state index contributed by atoms with van der Waals surface area (Å²) in [5.74, 6) is 0.121. The maximum atomic E-state index is 10.6. The highest BCUT2D eigenvalue weighted by Crippen LogP contribution is 1.97. The highest BCUT2D eigenvalue weighted by molar-refractivity contribution is 7.79. The van der Waals surface area contributed by atoms with Crippen LogP contribution in [-0.4, -0.2) is 23.3 Å². The molecule has 0 fully saturated rings. The Hall–Kier alpha value is -1.24. The lowest BCUT2D eigenvalue weighted by Gasteiger charge is -1.89. The first kappa shape index (κ1) is 12.8. The van der Waals surface area contributed by atoms with Crippen LogP contribution in [0.25, 0.3) is 0 Å². The Morgan fingerprint density at radius 2 is 1.50 bits per heavy atom. The van der Waals surface area contributed by atoms with Crippen molar-refractivity contribution in [2.45, 2.75) is 6.92 Å². The number of rotatable bonds is 1. The minimum atomic E-state index is -4.67. The average Bonchev–Trinajstić information content (AvgIpc) is 2.03. The summed E-state index contributed by atoms with van der Waals surface area (Å²) in [6.45, 7) is 1.56. The van der Waals surface area contributed by atoms with Crippen LogP contribution in [0, 0.1) is 0 Å². The van der Waals surface area contributed by atoms with E-state index in [-0.39, 0.29) is 5.78 Å². The molecule has 0 saturated carbocycles. The Labute approximate surface area is 82.0 Å². The van der Waals surface area contributed by atoms with Crippen LogP contribution >= 0.6 is 0 Å². The number of hydrogen-bond donors (Lipinski definition) is 2. The standard InChI is InChI=1S/C8H8O.H2O4S/c1-7(9)8-5-3-2-4-6-8;1-5(2,3)4/h2-6H,1H3;(H2,1,2,3,4). The van der Waals surface area contributed by atoms with E-state index in [1.807, 2.05) is 30.3 Å². The fourth-order valence-corrected chi connectivity index (χ4v) is 0.673. The van der Waals surface area contributed by atoms with Crippen molar-refractivity contribution in [1.29, 1.82) is 0 Å². The third-order valence-electron chi connectivity index (χ3n) is 1.18. The third kappa shape index (κ3) is 8.85. The van der Waals surface area contributed by atoms with Crippen molar-refractivity contribution >= 4 is 16.2 Å². The lowest BCUT2D eigenvalue weighted by atomic mass is 10.2. The van der Waals surface area contributed by atoms with Gasteiger partial charge in [0.25, 0.3) is 0 Å². The van der Waals surface area contributed by atoms with E-state index in [9.17, 15) is 4.79 Å². The van der Waals surface area contributed by atoms with Gasteiger partial charge in [-0.3, -0.25) is 13.9 Å². The topological polar surface area (TPSA) is 91.7 Å². The lowest BCUT2D eigenvalue weighted by molar-refractivity contribution is 0.101. The van der Waals surface area contributed by atoms with Crippen LogP contribution in [-0.2, 0) is 10.4 Å². The molecule has 0 aliphatic carbocycles. The van der Waals surface area contributed by atoms with Gasteiger partial charge in [-0.15, -0.1) is 0 Å². The van der Waals surface area contributed by atoms with Gasteiger partial charge in [-0.1, -0.05) is 30.3 Å². The van der Waals surface area contributed by atoms with Crippen LogP contribution in [0.3, 0.4) is 0 Å². The second-order valence-corrected chi connectivity index (χ2v) is 3.27. The summed E-state index contributed by atoms with van der Waals surface area (Å²) in [5, 5.41) is 0. The maximum absolute atomic E-state index is 10.6. The predicted molar refractivity (Wildman–Crippen MR) is 50.6 cm³/mol. The first-order chi connectivity index (χ1) is 6.30. The van der Waals surface area contributed by atoms with Crippen LogP contribution < -0.4 is 0 Å². The predicted octanol–water partition coefficient (Wildman–Crippen LogP) is 1.24. The quantitative estimate of drug-likeness (QED) is 0.546. The molecule has 0 amide bonds. The minimum Gasteiger partial charge on any atom is -0.295 e. The molecule has 0 saturated heterocycles. The summed E-state index contributed by atoms with van der Waals surface area (Å²) in [7, 11) is -4.67. The summed E-state index contributed by atoms with van der Waals surface area (Å²) in [6, 6.07) is 9.23. The highest BCUT2D eigenvalue weighted by atomic mass is 32.3. The number of carbonyl (C=O) groups is 1. The fraction of sp³-hybridized carbons (Fsp3) is 0.125. The van der Waals surface area contributed by atoms with Crippen molar-refractivity contribution < 1.29 is 22.3 Å². The van der Waals surface area contributed by atoms with Crippen molar-refractivity contribution in [3.05, 3.63) is 35.9 Å². The van der Waals surface area contributed by atoms with Crippen LogP contribution in [0.4, 0.5) is 0 Å². The van der Waals surface area contributed by atoms with Crippen molar-refractivity contribution in [3.63, 3.8) is 0 Å². The molecule has 14 heavy (non-hydrogen) atoms. The van der Waals surface area contributed by atoms with E-state index >= 15 is 0 Å². The first-order valence-corrected chi connectivity index (χ1v) is 4.96. The van der Waals surface area contributed by atoms with Gasteiger partial charge >= 0.3 is 10.4 Å². The Balaban J connectivity index is 0.000000292. The molecule has 0 heterocycles. The van der Waals surface area contributed by atoms with E-state index in [4.69, 9.17) is 17.5 Å². The molecule has 6 heteroatoms. The van der Waals surface area contributed by atoms with Crippen LogP contribution in [0.5, 0.6) is 0 Å². The molecule has 5 nitrogen and oxygen atoms in total. The van der Waals surface area contributed by atoms with E-state index < -0.39 is 10.4 Å². The first-order valence-electron chi connectivity index (χ1n) is 3.56. The molecule has 0 atom stereocenters. The molecular formula is C8H10O5S. The van der Waals surface area contributed by atoms with Crippen LogP contribution in [0.1, 0.15) is 17.3 Å². The number of carbonyl (C=O) groups excluding carboxylic acids is 1. The summed E-state index contributed by atoms with van der Waals surface area (Å²) >= 11 is 0. The van der Waals surface area contributed by atoms with Gasteiger partial charge in [-0.2, -0.15) is 8.42 Å². The summed E-state index contributed by atoms with van der Waals surface area (Å²) in [6.07, 6.45) is 0. The lowest BCUT2D eigenvalue weighted by Crippen LogP contribution is -1.89. The summed E-state index contributed by atoms with van der Waals surface area (Å²) in [4.78, 5) is 10.6. The summed E-state index contributed by atoms with van der Waals surface area (Å²) < 4.78 is 31.6. The van der Waals surface area contributed by atoms with Crippen molar-refractivity contribution in [1.82, 2.24) is 0 Å². The number of Topliss-reactive ketones (excluding diaryl/α,β-unsaturated/α-hetero) is 1. The van der Waals surface area contributed by atoms with Gasteiger partial charge in [0, 0.05) is 5.56 Å². The average molecular weight is 218 g/mol. The molecule has 0 radical (unpaired) electrons. The number of hydrogen-bond acceptors (Lipinski definition) is 3. The normalized spacial score (nSPS) is 9.93. The molecule has 0 aliphatic rings. The van der Waals surface area contributed by atoms with Crippen molar-refractivity contribution in [3.8, 4) is 0 Å². The highest BCUT2D eigenvalue weighted by Gasteiger charge is 1.92. The molecule has 1 rings (SSSR count). The molecular weight excluding hydrogens is 208 g/mol. The van der Waals surface area contributed by atoms with Gasteiger partial charge in [0.1, 0.15) is 0 Å². The summed E-state index contributed by atoms with van der Waals surface area (Å²) in [5.41, 5.74) is 0.775. The zero-order valence-electron chi connectivity index (χ0n) is 7.41. The second kappa shape index (κ2) is 5.48. The molecule has 1 aromatic carbocycles. The van der Waals surface area contributed by atoms with E-state index in [1.54, 1.807) is 6.92 Å². The molecule has 0 unspecified atom stereocenters. The van der Waals surface area contributed by atoms with Crippen molar-refractivity contribution in [2.75, 3.05) is 0 Å². The van der Waals surface area contributed by atoms with E-state index in [2.05, 4.69) is 0 Å². The number of ketones is 1. The van der Waals surface area contributed by atoms with Gasteiger partial charge in [0.05, 0.1) is 0 Å².